The molecule has 17 heavy (non-hydrogen) atoms. The van der Waals surface area contributed by atoms with Gasteiger partial charge in [0, 0.05) is 12.6 Å². The first-order chi connectivity index (χ1) is 8.31. The minimum absolute atomic E-state index is 0.606. The summed E-state index contributed by atoms with van der Waals surface area (Å²) in [5, 5.41) is 3.44. The van der Waals surface area contributed by atoms with E-state index in [1.54, 1.807) is 0 Å². The van der Waals surface area contributed by atoms with Crippen molar-refractivity contribution in [1.29, 1.82) is 0 Å². The molecule has 0 aliphatic rings. The van der Waals surface area contributed by atoms with Crippen molar-refractivity contribution in [1.82, 2.24) is 14.9 Å². The number of benzene rings is 1. The molecule has 1 aromatic heterocycles. The molecule has 2 aromatic rings. The molecule has 1 N–H and O–H groups in total. The van der Waals surface area contributed by atoms with Gasteiger partial charge in [-0.2, -0.15) is 0 Å². The Bertz CT molecular complexity index is 461. The molecule has 1 heterocycles. The van der Waals surface area contributed by atoms with Crippen molar-refractivity contribution >= 4 is 11.0 Å². The van der Waals surface area contributed by atoms with Gasteiger partial charge in [0.1, 0.15) is 0 Å². The average molecular weight is 231 g/mol. The maximum atomic E-state index is 4.40. The molecule has 92 valence electrons. The number of fused-ring (bicyclic) bond motifs is 1. The second-order valence-corrected chi connectivity index (χ2v) is 4.53. The largest absolute Gasteiger partial charge is 0.331 e. The maximum absolute atomic E-state index is 4.40. The zero-order chi connectivity index (χ0) is 12.1. The zero-order valence-electron chi connectivity index (χ0n) is 10.7. The number of imidazole rings is 1. The summed E-state index contributed by atoms with van der Waals surface area (Å²) < 4.78 is 2.24. The van der Waals surface area contributed by atoms with Crippen molar-refractivity contribution in [2.24, 2.45) is 0 Å². The molecular formula is C14H21N3. The van der Waals surface area contributed by atoms with Crippen LogP contribution >= 0.6 is 0 Å². The molecule has 1 aromatic carbocycles. The van der Waals surface area contributed by atoms with Gasteiger partial charge in [0.15, 0.2) is 0 Å². The summed E-state index contributed by atoms with van der Waals surface area (Å²) >= 11 is 0. The van der Waals surface area contributed by atoms with E-state index in [1.807, 2.05) is 12.4 Å². The Hall–Kier alpha value is -1.35. The van der Waals surface area contributed by atoms with Crippen molar-refractivity contribution in [2.75, 3.05) is 6.54 Å². The lowest BCUT2D eigenvalue weighted by Gasteiger charge is -2.12. The van der Waals surface area contributed by atoms with Crippen LogP contribution in [0.15, 0.2) is 30.6 Å². The molecule has 0 spiro atoms. The highest BCUT2D eigenvalue weighted by molar-refractivity contribution is 5.74. The number of aryl methyl sites for hydroxylation is 1. The SMILES string of the molecule is CCNC(C)CCCn1cnc2ccccc21. The van der Waals surface area contributed by atoms with Gasteiger partial charge >= 0.3 is 0 Å². The zero-order valence-corrected chi connectivity index (χ0v) is 10.7. The summed E-state index contributed by atoms with van der Waals surface area (Å²) in [7, 11) is 0. The van der Waals surface area contributed by atoms with Crippen LogP contribution in [-0.2, 0) is 6.54 Å². The molecule has 0 bridgehead atoms. The van der Waals surface area contributed by atoms with E-state index in [9.17, 15) is 0 Å². The van der Waals surface area contributed by atoms with Gasteiger partial charge in [0.2, 0.25) is 0 Å². The summed E-state index contributed by atoms with van der Waals surface area (Å²) in [5.41, 5.74) is 2.33. The number of nitrogens with zero attached hydrogens (tertiary/aromatic N) is 2. The first-order valence-electron chi connectivity index (χ1n) is 6.44. The lowest BCUT2D eigenvalue weighted by molar-refractivity contribution is 0.489. The van der Waals surface area contributed by atoms with Gasteiger partial charge in [-0.15, -0.1) is 0 Å². The normalized spacial score (nSPS) is 13.1. The van der Waals surface area contributed by atoms with Crippen molar-refractivity contribution in [3.05, 3.63) is 30.6 Å². The second kappa shape index (κ2) is 5.82. The van der Waals surface area contributed by atoms with E-state index in [0.717, 1.165) is 18.6 Å². The summed E-state index contributed by atoms with van der Waals surface area (Å²) in [6, 6.07) is 8.91. The molecule has 1 atom stereocenters. The Morgan fingerprint density at radius 1 is 1.35 bits per heavy atom. The van der Waals surface area contributed by atoms with Crippen molar-refractivity contribution in [3.63, 3.8) is 0 Å². The lowest BCUT2D eigenvalue weighted by atomic mass is 10.2. The maximum Gasteiger partial charge on any atom is 0.0958 e. The highest BCUT2D eigenvalue weighted by atomic mass is 15.0. The van der Waals surface area contributed by atoms with Crippen LogP contribution in [0.2, 0.25) is 0 Å². The molecule has 0 radical (unpaired) electrons. The number of aromatic nitrogens is 2. The third-order valence-electron chi connectivity index (χ3n) is 3.12. The smallest absolute Gasteiger partial charge is 0.0958 e. The summed E-state index contributed by atoms with van der Waals surface area (Å²) in [4.78, 5) is 4.40. The molecule has 0 aliphatic carbocycles. The molecule has 3 nitrogen and oxygen atoms in total. The van der Waals surface area contributed by atoms with Crippen molar-refractivity contribution in [3.8, 4) is 0 Å². The molecule has 3 heteroatoms. The molecule has 0 fully saturated rings. The first-order valence-corrected chi connectivity index (χ1v) is 6.44. The fraction of sp³-hybridized carbons (Fsp3) is 0.500. The number of hydrogen-bond donors (Lipinski definition) is 1. The van der Waals surface area contributed by atoms with Gasteiger partial charge in [-0.3, -0.25) is 0 Å². The highest BCUT2D eigenvalue weighted by Gasteiger charge is 2.03. The monoisotopic (exact) mass is 231 g/mol. The van der Waals surface area contributed by atoms with Gasteiger partial charge in [-0.1, -0.05) is 19.1 Å². The van der Waals surface area contributed by atoms with E-state index in [2.05, 4.69) is 46.9 Å². The number of nitrogens with one attached hydrogen (secondary N) is 1. The highest BCUT2D eigenvalue weighted by Crippen LogP contribution is 2.12. The summed E-state index contributed by atoms with van der Waals surface area (Å²) in [5.74, 6) is 0. The van der Waals surface area contributed by atoms with Gasteiger partial charge in [0.05, 0.1) is 17.4 Å². The fourth-order valence-electron chi connectivity index (χ4n) is 2.21. The molecule has 1 unspecified atom stereocenters. The van der Waals surface area contributed by atoms with Gasteiger partial charge in [0.25, 0.3) is 0 Å². The van der Waals surface area contributed by atoms with E-state index in [1.165, 1.54) is 18.4 Å². The predicted molar refractivity (Wildman–Crippen MR) is 72.1 cm³/mol. The topological polar surface area (TPSA) is 29.9 Å². The minimum atomic E-state index is 0.606. The van der Waals surface area contributed by atoms with Crippen LogP contribution in [0, 0.1) is 0 Å². The van der Waals surface area contributed by atoms with E-state index >= 15 is 0 Å². The number of rotatable bonds is 6. The van der Waals surface area contributed by atoms with Gasteiger partial charge in [-0.25, -0.2) is 4.98 Å². The van der Waals surface area contributed by atoms with Gasteiger partial charge < -0.3 is 9.88 Å². The molecule has 0 amide bonds. The quantitative estimate of drug-likeness (QED) is 0.828. The second-order valence-electron chi connectivity index (χ2n) is 4.53. The fourth-order valence-corrected chi connectivity index (χ4v) is 2.21. The van der Waals surface area contributed by atoms with Gasteiger partial charge in [-0.05, 0) is 38.4 Å². The summed E-state index contributed by atoms with van der Waals surface area (Å²) in [6.45, 7) is 6.50. The summed E-state index contributed by atoms with van der Waals surface area (Å²) in [6.07, 6.45) is 4.34. The van der Waals surface area contributed by atoms with Crippen molar-refractivity contribution < 1.29 is 0 Å². The molecule has 0 saturated heterocycles. The van der Waals surface area contributed by atoms with Crippen LogP contribution in [0.4, 0.5) is 0 Å². The van der Waals surface area contributed by atoms with Crippen LogP contribution < -0.4 is 5.32 Å². The Morgan fingerprint density at radius 3 is 3.00 bits per heavy atom. The van der Waals surface area contributed by atoms with Crippen LogP contribution in [0.25, 0.3) is 11.0 Å². The van der Waals surface area contributed by atoms with E-state index in [-0.39, 0.29) is 0 Å². The molecular weight excluding hydrogens is 210 g/mol. The van der Waals surface area contributed by atoms with E-state index < -0.39 is 0 Å². The average Bonchev–Trinajstić information content (AvgIpc) is 2.73. The Kier molecular flexibility index (Phi) is 4.15. The van der Waals surface area contributed by atoms with Crippen LogP contribution in [0.5, 0.6) is 0 Å². The Labute approximate surface area is 103 Å². The first kappa shape index (κ1) is 12.1. The molecule has 2 rings (SSSR count). The molecule has 0 aliphatic heterocycles. The third-order valence-corrected chi connectivity index (χ3v) is 3.12. The third kappa shape index (κ3) is 3.07. The van der Waals surface area contributed by atoms with Crippen LogP contribution in [0.3, 0.4) is 0 Å². The number of para-hydroxylation sites is 2. The van der Waals surface area contributed by atoms with E-state index in [0.29, 0.717) is 6.04 Å². The molecule has 0 saturated carbocycles. The van der Waals surface area contributed by atoms with Crippen molar-refractivity contribution in [2.45, 2.75) is 39.3 Å². The van der Waals surface area contributed by atoms with Crippen LogP contribution in [-0.4, -0.2) is 22.1 Å². The predicted octanol–water partition coefficient (Wildman–Crippen LogP) is 2.81. The standard InChI is InChI=1S/C14H21N3/c1-3-15-12(2)7-6-10-17-11-16-13-8-4-5-9-14(13)17/h4-5,8-9,11-12,15H,3,6-7,10H2,1-2H3. The Morgan fingerprint density at radius 2 is 2.18 bits per heavy atom. The minimum Gasteiger partial charge on any atom is -0.331 e. The number of hydrogen-bond acceptors (Lipinski definition) is 2. The Balaban J connectivity index is 1.91. The van der Waals surface area contributed by atoms with Crippen LogP contribution in [0.1, 0.15) is 26.7 Å². The van der Waals surface area contributed by atoms with E-state index in [4.69, 9.17) is 0 Å². The lowest BCUT2D eigenvalue weighted by Crippen LogP contribution is -2.25.